The first-order valence-electron chi connectivity index (χ1n) is 9.04. The van der Waals surface area contributed by atoms with Crippen LogP contribution in [0.25, 0.3) is 0 Å². The van der Waals surface area contributed by atoms with Gasteiger partial charge >= 0.3 is 0 Å². The molecule has 0 spiro atoms. The zero-order valence-electron chi connectivity index (χ0n) is 15.6. The van der Waals surface area contributed by atoms with Crippen LogP contribution in [0, 0.1) is 13.8 Å². The van der Waals surface area contributed by atoms with Gasteiger partial charge in [0.15, 0.2) is 0 Å². The number of carbonyl (C=O) groups excluding carboxylic acids is 1. The largest absolute Gasteiger partial charge is 0.468 e. The lowest BCUT2D eigenvalue weighted by atomic mass is 9.98. The van der Waals surface area contributed by atoms with E-state index in [0.29, 0.717) is 6.54 Å². The summed E-state index contributed by atoms with van der Waals surface area (Å²) in [6.07, 6.45) is 4.11. The Morgan fingerprint density at radius 3 is 2.64 bits per heavy atom. The number of likely N-dealkylation sites (tertiary alicyclic amines) is 1. The molecule has 1 N–H and O–H groups in total. The molecule has 1 aliphatic heterocycles. The Bertz CT molecular complexity index is 714. The second kappa shape index (κ2) is 7.44. The smallest absolute Gasteiger partial charge is 0.227 e. The molecule has 1 amide bonds. The first-order chi connectivity index (χ1) is 12.0. The van der Waals surface area contributed by atoms with Gasteiger partial charge in [-0.05, 0) is 58.8 Å². The zero-order chi connectivity index (χ0) is 18.0. The predicted molar refractivity (Wildman–Crippen MR) is 96.4 cm³/mol. The molecule has 3 heterocycles. The number of aryl methyl sites for hydroxylation is 2. The lowest BCUT2D eigenvalue weighted by molar-refractivity contribution is -0.122. The molecule has 0 aromatic carbocycles. The second-order valence-corrected chi connectivity index (χ2v) is 6.95. The molecule has 2 aromatic rings. The number of nitrogens with zero attached hydrogens (tertiary/aromatic N) is 3. The molecule has 6 nitrogen and oxygen atoms in total. The number of hydrogen-bond acceptors (Lipinski definition) is 4. The average Bonchev–Trinajstić information content (AvgIpc) is 3.32. The minimum atomic E-state index is -0.218. The van der Waals surface area contributed by atoms with E-state index in [1.807, 2.05) is 44.6 Å². The number of furan rings is 1. The summed E-state index contributed by atoms with van der Waals surface area (Å²) in [5.41, 5.74) is 2.99. The molecule has 1 saturated heterocycles. The van der Waals surface area contributed by atoms with Crippen LogP contribution in [-0.2, 0) is 11.8 Å². The van der Waals surface area contributed by atoms with Crippen molar-refractivity contribution in [2.45, 2.75) is 45.6 Å². The first kappa shape index (κ1) is 17.7. The van der Waals surface area contributed by atoms with Gasteiger partial charge in [-0.25, -0.2) is 0 Å². The third-order valence-corrected chi connectivity index (χ3v) is 5.31. The van der Waals surface area contributed by atoms with Gasteiger partial charge in [-0.3, -0.25) is 14.4 Å². The highest BCUT2D eigenvalue weighted by molar-refractivity contribution is 5.83. The van der Waals surface area contributed by atoms with Gasteiger partial charge in [0.2, 0.25) is 5.91 Å². The summed E-state index contributed by atoms with van der Waals surface area (Å²) in [7, 11) is 1.91. The van der Waals surface area contributed by atoms with Gasteiger partial charge < -0.3 is 9.73 Å². The van der Waals surface area contributed by atoms with E-state index in [9.17, 15) is 4.79 Å². The summed E-state index contributed by atoms with van der Waals surface area (Å²) in [5.74, 6) is 0.739. The molecular weight excluding hydrogens is 316 g/mol. The van der Waals surface area contributed by atoms with Crippen LogP contribution >= 0.6 is 0 Å². The maximum absolute atomic E-state index is 12.7. The van der Waals surface area contributed by atoms with Gasteiger partial charge in [0.25, 0.3) is 0 Å². The van der Waals surface area contributed by atoms with E-state index in [-0.39, 0.29) is 17.9 Å². The topological polar surface area (TPSA) is 63.3 Å². The molecule has 2 atom stereocenters. The van der Waals surface area contributed by atoms with E-state index in [2.05, 4.69) is 15.3 Å². The second-order valence-electron chi connectivity index (χ2n) is 6.95. The lowest BCUT2D eigenvalue weighted by Crippen LogP contribution is -2.38. The molecule has 3 rings (SSSR count). The van der Waals surface area contributed by atoms with Crippen LogP contribution in [0.15, 0.2) is 22.8 Å². The van der Waals surface area contributed by atoms with E-state index in [0.717, 1.165) is 35.8 Å². The minimum absolute atomic E-state index is 0.0370. The van der Waals surface area contributed by atoms with Crippen LogP contribution in [0.1, 0.15) is 54.4 Å². The highest BCUT2D eigenvalue weighted by atomic mass is 16.3. The number of hydrogen-bond donors (Lipinski definition) is 1. The van der Waals surface area contributed by atoms with Crippen molar-refractivity contribution in [2.24, 2.45) is 7.05 Å². The maximum atomic E-state index is 12.7. The Hall–Kier alpha value is -2.08. The monoisotopic (exact) mass is 344 g/mol. The fourth-order valence-electron chi connectivity index (χ4n) is 3.84. The van der Waals surface area contributed by atoms with Crippen molar-refractivity contribution in [3.8, 4) is 0 Å². The Labute approximate surface area is 149 Å². The van der Waals surface area contributed by atoms with Crippen molar-refractivity contribution in [2.75, 3.05) is 19.6 Å². The highest BCUT2D eigenvalue weighted by Gasteiger charge is 2.28. The summed E-state index contributed by atoms with van der Waals surface area (Å²) in [6.45, 7) is 8.59. The Kier molecular flexibility index (Phi) is 5.27. The summed E-state index contributed by atoms with van der Waals surface area (Å²) < 4.78 is 7.46. The van der Waals surface area contributed by atoms with Crippen molar-refractivity contribution in [3.63, 3.8) is 0 Å². The summed E-state index contributed by atoms with van der Waals surface area (Å²) >= 11 is 0. The summed E-state index contributed by atoms with van der Waals surface area (Å²) in [6, 6.07) is 4.00. The van der Waals surface area contributed by atoms with Gasteiger partial charge in [0, 0.05) is 24.8 Å². The van der Waals surface area contributed by atoms with E-state index in [1.54, 1.807) is 6.26 Å². The summed E-state index contributed by atoms with van der Waals surface area (Å²) in [4.78, 5) is 15.1. The molecule has 1 aliphatic rings. The van der Waals surface area contributed by atoms with Gasteiger partial charge in [-0.2, -0.15) is 5.10 Å². The Morgan fingerprint density at radius 1 is 1.36 bits per heavy atom. The van der Waals surface area contributed by atoms with Gasteiger partial charge in [-0.15, -0.1) is 0 Å². The molecule has 0 bridgehead atoms. The maximum Gasteiger partial charge on any atom is 0.227 e. The van der Waals surface area contributed by atoms with Crippen LogP contribution in [0.3, 0.4) is 0 Å². The number of nitrogens with one attached hydrogen (secondary N) is 1. The standard InChI is InChI=1S/C19H28N4O2/c1-13(18-14(2)21-22(4)15(18)3)19(24)20-12-16(17-8-7-11-25-17)23-9-5-6-10-23/h7-8,11,13,16H,5-6,9-10,12H2,1-4H3,(H,20,24)/t13-,16-/m0/s1. The van der Waals surface area contributed by atoms with Gasteiger partial charge in [-0.1, -0.05) is 0 Å². The molecule has 136 valence electrons. The van der Waals surface area contributed by atoms with E-state index in [1.165, 1.54) is 12.8 Å². The predicted octanol–water partition coefficient (Wildman–Crippen LogP) is 2.69. The van der Waals surface area contributed by atoms with Crippen molar-refractivity contribution in [1.29, 1.82) is 0 Å². The fraction of sp³-hybridized carbons (Fsp3) is 0.579. The molecule has 1 fully saturated rings. The molecule has 0 saturated carbocycles. The van der Waals surface area contributed by atoms with Crippen molar-refractivity contribution in [3.05, 3.63) is 41.1 Å². The molecule has 0 aliphatic carbocycles. The van der Waals surface area contributed by atoms with E-state index >= 15 is 0 Å². The molecule has 6 heteroatoms. The van der Waals surface area contributed by atoms with Crippen molar-refractivity contribution >= 4 is 5.91 Å². The normalized spacial score (nSPS) is 17.6. The van der Waals surface area contributed by atoms with Crippen molar-refractivity contribution < 1.29 is 9.21 Å². The SMILES string of the molecule is Cc1nn(C)c(C)c1[C@H](C)C(=O)NC[C@@H](c1ccco1)N1CCCC1. The molecule has 0 radical (unpaired) electrons. The third kappa shape index (κ3) is 3.63. The quantitative estimate of drug-likeness (QED) is 0.875. The van der Waals surface area contributed by atoms with Crippen LogP contribution in [-0.4, -0.2) is 40.2 Å². The summed E-state index contributed by atoms with van der Waals surface area (Å²) in [5, 5.41) is 7.56. The van der Waals surface area contributed by atoms with Gasteiger partial charge in [0.05, 0.1) is 23.9 Å². The van der Waals surface area contributed by atoms with Crippen LogP contribution in [0.2, 0.25) is 0 Å². The number of amides is 1. The number of aromatic nitrogens is 2. The van der Waals surface area contributed by atoms with E-state index < -0.39 is 0 Å². The van der Waals surface area contributed by atoms with Crippen molar-refractivity contribution in [1.82, 2.24) is 20.0 Å². The molecule has 25 heavy (non-hydrogen) atoms. The molecule has 0 unspecified atom stereocenters. The average molecular weight is 344 g/mol. The highest BCUT2D eigenvalue weighted by Crippen LogP contribution is 2.26. The van der Waals surface area contributed by atoms with Gasteiger partial charge in [0.1, 0.15) is 5.76 Å². The number of rotatable bonds is 6. The minimum Gasteiger partial charge on any atom is -0.468 e. The molecule has 2 aromatic heterocycles. The van der Waals surface area contributed by atoms with E-state index in [4.69, 9.17) is 4.42 Å². The Morgan fingerprint density at radius 2 is 2.08 bits per heavy atom. The van der Waals surface area contributed by atoms with Crippen LogP contribution < -0.4 is 5.32 Å². The Balaban J connectivity index is 1.69. The molecular formula is C19H28N4O2. The van der Waals surface area contributed by atoms with Crippen LogP contribution in [0.5, 0.6) is 0 Å². The number of carbonyl (C=O) groups is 1. The lowest BCUT2D eigenvalue weighted by Gasteiger charge is -2.26. The zero-order valence-corrected chi connectivity index (χ0v) is 15.6. The van der Waals surface area contributed by atoms with Crippen LogP contribution in [0.4, 0.5) is 0 Å². The first-order valence-corrected chi connectivity index (χ1v) is 9.04. The fourth-order valence-corrected chi connectivity index (χ4v) is 3.84. The third-order valence-electron chi connectivity index (χ3n) is 5.31.